The summed E-state index contributed by atoms with van der Waals surface area (Å²) in [5, 5.41) is 12.5. The van der Waals surface area contributed by atoms with Crippen LogP contribution in [-0.4, -0.2) is 13.7 Å². The third-order valence-electron chi connectivity index (χ3n) is 3.20. The smallest absolute Gasteiger partial charge is 0.0995 e. The number of nitrogens with zero attached hydrogens (tertiary/aromatic N) is 1. The van der Waals surface area contributed by atoms with E-state index >= 15 is 0 Å². The highest BCUT2D eigenvalue weighted by Gasteiger charge is 2.04. The summed E-state index contributed by atoms with van der Waals surface area (Å²) in [4.78, 5) is 0. The zero-order valence-electron chi connectivity index (χ0n) is 11.6. The van der Waals surface area contributed by atoms with Crippen molar-refractivity contribution in [3.63, 3.8) is 0 Å². The van der Waals surface area contributed by atoms with Crippen molar-refractivity contribution in [1.29, 1.82) is 5.26 Å². The fourth-order valence-electron chi connectivity index (χ4n) is 2.10. The minimum atomic E-state index is 0.647. The van der Waals surface area contributed by atoms with Gasteiger partial charge in [0.05, 0.1) is 18.2 Å². The van der Waals surface area contributed by atoms with E-state index in [1.165, 1.54) is 5.56 Å². The molecule has 0 saturated carbocycles. The van der Waals surface area contributed by atoms with E-state index in [9.17, 15) is 0 Å². The van der Waals surface area contributed by atoms with Gasteiger partial charge in [-0.05, 0) is 29.7 Å². The molecule has 0 aliphatic rings. The number of nitriles is 1. The monoisotopic (exact) mass is 266 g/mol. The first-order chi connectivity index (χ1) is 9.85. The van der Waals surface area contributed by atoms with Crippen LogP contribution >= 0.6 is 0 Å². The number of hydrogen-bond donors (Lipinski definition) is 1. The first-order valence-electron chi connectivity index (χ1n) is 6.64. The summed E-state index contributed by atoms with van der Waals surface area (Å²) in [6, 6.07) is 18.1. The van der Waals surface area contributed by atoms with Crippen LogP contribution in [-0.2, 0) is 17.7 Å². The lowest BCUT2D eigenvalue weighted by molar-refractivity contribution is 0.202. The van der Waals surface area contributed by atoms with Gasteiger partial charge in [-0.2, -0.15) is 5.26 Å². The van der Waals surface area contributed by atoms with Gasteiger partial charge in [-0.15, -0.1) is 0 Å². The molecule has 0 fully saturated rings. The minimum Gasteiger partial charge on any atom is -0.384 e. The third kappa shape index (κ3) is 3.59. The fraction of sp³-hybridized carbons (Fsp3) is 0.235. The maximum atomic E-state index is 9.09. The van der Waals surface area contributed by atoms with E-state index in [1.54, 1.807) is 7.11 Å². The van der Waals surface area contributed by atoms with Crippen molar-refractivity contribution in [2.24, 2.45) is 0 Å². The lowest BCUT2D eigenvalue weighted by Gasteiger charge is -2.12. The largest absolute Gasteiger partial charge is 0.384 e. The van der Waals surface area contributed by atoms with Gasteiger partial charge >= 0.3 is 0 Å². The van der Waals surface area contributed by atoms with Crippen LogP contribution in [0.5, 0.6) is 0 Å². The molecule has 1 N–H and O–H groups in total. The summed E-state index contributed by atoms with van der Waals surface area (Å²) in [7, 11) is 1.71. The molecule has 2 aromatic carbocycles. The Morgan fingerprint density at radius 1 is 1.05 bits per heavy atom. The molecule has 0 bridgehead atoms. The van der Waals surface area contributed by atoms with E-state index in [4.69, 9.17) is 10.00 Å². The Balaban J connectivity index is 2.09. The molecule has 0 aliphatic heterocycles. The molecule has 3 heteroatoms. The molecule has 0 spiro atoms. The molecule has 0 aromatic heterocycles. The zero-order chi connectivity index (χ0) is 14.2. The number of para-hydroxylation sites is 1. The van der Waals surface area contributed by atoms with E-state index in [2.05, 4.69) is 23.5 Å². The number of ether oxygens (including phenoxy) is 1. The van der Waals surface area contributed by atoms with Gasteiger partial charge < -0.3 is 10.1 Å². The SMILES string of the molecule is COCCc1ccccc1NCc1ccccc1C#N. The molecule has 0 radical (unpaired) electrons. The van der Waals surface area contributed by atoms with Gasteiger partial charge in [0.1, 0.15) is 0 Å². The standard InChI is InChI=1S/C17H18N2O/c1-20-11-10-14-6-4-5-9-17(14)19-13-16-8-3-2-7-15(16)12-18/h2-9,19H,10-11,13H2,1H3. The molecule has 0 saturated heterocycles. The van der Waals surface area contributed by atoms with Crippen molar-refractivity contribution < 1.29 is 4.74 Å². The van der Waals surface area contributed by atoms with Crippen LogP contribution in [0.4, 0.5) is 5.69 Å². The van der Waals surface area contributed by atoms with E-state index in [1.807, 2.05) is 36.4 Å². The van der Waals surface area contributed by atoms with Crippen molar-refractivity contribution in [2.75, 3.05) is 19.0 Å². The first kappa shape index (κ1) is 14.1. The van der Waals surface area contributed by atoms with Gasteiger partial charge in [0, 0.05) is 19.3 Å². The second-order valence-corrected chi connectivity index (χ2v) is 4.52. The topological polar surface area (TPSA) is 45.0 Å². The molecule has 20 heavy (non-hydrogen) atoms. The van der Waals surface area contributed by atoms with Gasteiger partial charge in [0.2, 0.25) is 0 Å². The van der Waals surface area contributed by atoms with Gasteiger partial charge in [-0.25, -0.2) is 0 Å². The Kier molecular flexibility index (Phi) is 5.16. The fourth-order valence-corrected chi connectivity index (χ4v) is 2.10. The van der Waals surface area contributed by atoms with E-state index < -0.39 is 0 Å². The van der Waals surface area contributed by atoms with Crippen LogP contribution < -0.4 is 5.32 Å². The molecular formula is C17H18N2O. The maximum absolute atomic E-state index is 9.09. The molecule has 2 aromatic rings. The number of hydrogen-bond acceptors (Lipinski definition) is 3. The van der Waals surface area contributed by atoms with Crippen molar-refractivity contribution >= 4 is 5.69 Å². The number of anilines is 1. The van der Waals surface area contributed by atoms with Crippen molar-refractivity contribution in [2.45, 2.75) is 13.0 Å². The Labute approximate surface area is 119 Å². The van der Waals surface area contributed by atoms with E-state index in [-0.39, 0.29) is 0 Å². The Bertz CT molecular complexity index is 602. The first-order valence-corrected chi connectivity index (χ1v) is 6.64. The number of methoxy groups -OCH3 is 1. The predicted octanol–water partition coefficient (Wildman–Crippen LogP) is 3.36. The number of rotatable bonds is 6. The highest BCUT2D eigenvalue weighted by atomic mass is 16.5. The lowest BCUT2D eigenvalue weighted by Crippen LogP contribution is -2.05. The van der Waals surface area contributed by atoms with Crippen LogP contribution in [0.1, 0.15) is 16.7 Å². The number of nitrogens with one attached hydrogen (secondary N) is 1. The Morgan fingerprint density at radius 3 is 2.50 bits per heavy atom. The highest BCUT2D eigenvalue weighted by Crippen LogP contribution is 2.17. The van der Waals surface area contributed by atoms with Crippen LogP contribution in [0, 0.1) is 11.3 Å². The molecule has 0 heterocycles. The average Bonchev–Trinajstić information content (AvgIpc) is 2.52. The number of benzene rings is 2. The van der Waals surface area contributed by atoms with Gasteiger partial charge in [-0.1, -0.05) is 36.4 Å². The lowest BCUT2D eigenvalue weighted by atomic mass is 10.1. The summed E-state index contributed by atoms with van der Waals surface area (Å²) in [5.41, 5.74) is 4.05. The van der Waals surface area contributed by atoms with Crippen molar-refractivity contribution in [3.05, 3.63) is 65.2 Å². The minimum absolute atomic E-state index is 0.647. The summed E-state index contributed by atoms with van der Waals surface area (Å²) in [6.45, 7) is 1.35. The van der Waals surface area contributed by atoms with Crippen LogP contribution in [0.15, 0.2) is 48.5 Å². The van der Waals surface area contributed by atoms with E-state index in [0.717, 1.165) is 23.2 Å². The average molecular weight is 266 g/mol. The van der Waals surface area contributed by atoms with Crippen LogP contribution in [0.25, 0.3) is 0 Å². The Hall–Kier alpha value is -2.31. The maximum Gasteiger partial charge on any atom is 0.0995 e. The van der Waals surface area contributed by atoms with Gasteiger partial charge in [0.15, 0.2) is 0 Å². The molecule has 3 nitrogen and oxygen atoms in total. The third-order valence-corrected chi connectivity index (χ3v) is 3.20. The second kappa shape index (κ2) is 7.32. The Morgan fingerprint density at radius 2 is 1.75 bits per heavy atom. The summed E-state index contributed by atoms with van der Waals surface area (Å²) in [5.74, 6) is 0. The molecule has 0 aliphatic carbocycles. The molecular weight excluding hydrogens is 248 g/mol. The predicted molar refractivity (Wildman–Crippen MR) is 80.5 cm³/mol. The quantitative estimate of drug-likeness (QED) is 0.872. The highest BCUT2D eigenvalue weighted by molar-refractivity contribution is 5.52. The summed E-state index contributed by atoms with van der Waals surface area (Å²) < 4.78 is 5.13. The zero-order valence-corrected chi connectivity index (χ0v) is 11.6. The van der Waals surface area contributed by atoms with Gasteiger partial charge in [-0.3, -0.25) is 0 Å². The molecule has 2 rings (SSSR count). The summed E-state index contributed by atoms with van der Waals surface area (Å²) in [6.07, 6.45) is 0.875. The molecule has 0 amide bonds. The van der Waals surface area contributed by atoms with Crippen LogP contribution in [0.3, 0.4) is 0 Å². The van der Waals surface area contributed by atoms with Crippen LogP contribution in [0.2, 0.25) is 0 Å². The summed E-state index contributed by atoms with van der Waals surface area (Å²) >= 11 is 0. The van der Waals surface area contributed by atoms with Gasteiger partial charge in [0.25, 0.3) is 0 Å². The molecule has 0 unspecified atom stereocenters. The van der Waals surface area contributed by atoms with Crippen molar-refractivity contribution in [1.82, 2.24) is 0 Å². The van der Waals surface area contributed by atoms with E-state index in [0.29, 0.717) is 13.2 Å². The molecule has 102 valence electrons. The molecule has 0 atom stereocenters. The normalized spacial score (nSPS) is 10.0. The second-order valence-electron chi connectivity index (χ2n) is 4.52. The van der Waals surface area contributed by atoms with Crippen molar-refractivity contribution in [3.8, 4) is 6.07 Å².